The number of likely N-dealkylation sites (tertiary alicyclic amines) is 1. The molecule has 1 unspecified atom stereocenters. The van der Waals surface area contributed by atoms with Crippen molar-refractivity contribution in [1.29, 1.82) is 0 Å². The summed E-state index contributed by atoms with van der Waals surface area (Å²) in [6, 6.07) is 17.4. The Morgan fingerprint density at radius 1 is 1.00 bits per heavy atom. The zero-order valence-corrected chi connectivity index (χ0v) is 16.0. The first-order valence-corrected chi connectivity index (χ1v) is 9.95. The average Bonchev–Trinajstić information content (AvgIpc) is 2.79. The summed E-state index contributed by atoms with van der Waals surface area (Å²) in [5.74, 6) is 2.09. The number of para-hydroxylation sites is 3. The van der Waals surface area contributed by atoms with Crippen LogP contribution in [-0.4, -0.2) is 47.7 Å². The van der Waals surface area contributed by atoms with Crippen LogP contribution < -0.4 is 14.2 Å². The molecule has 1 fully saturated rings. The summed E-state index contributed by atoms with van der Waals surface area (Å²) in [6.45, 7) is 1.53. The fourth-order valence-corrected chi connectivity index (χ4v) is 3.89. The first kappa shape index (κ1) is 17.8. The fraction of sp³-hybridized carbons (Fsp3) is 0.304. The molecule has 0 aliphatic carbocycles. The van der Waals surface area contributed by atoms with Gasteiger partial charge in [-0.15, -0.1) is 0 Å². The van der Waals surface area contributed by atoms with Crippen LogP contribution in [0.2, 0.25) is 0 Å². The van der Waals surface area contributed by atoms with Gasteiger partial charge in [-0.2, -0.15) is 0 Å². The minimum Gasteiger partial charge on any atom is -0.488 e. The second kappa shape index (κ2) is 7.62. The number of ether oxygens (including phenoxy) is 3. The molecule has 1 aromatic heterocycles. The highest BCUT2D eigenvalue weighted by Crippen LogP contribution is 2.32. The molecule has 148 valence electrons. The van der Waals surface area contributed by atoms with E-state index in [1.54, 1.807) is 6.20 Å². The van der Waals surface area contributed by atoms with Gasteiger partial charge in [-0.1, -0.05) is 30.3 Å². The van der Waals surface area contributed by atoms with E-state index in [0.717, 1.165) is 29.5 Å². The van der Waals surface area contributed by atoms with Crippen molar-refractivity contribution in [3.63, 3.8) is 0 Å². The lowest BCUT2D eigenvalue weighted by Crippen LogP contribution is -2.50. The molecule has 2 aliphatic heterocycles. The molecule has 1 atom stereocenters. The SMILES string of the molecule is O=C(C1COc2ccccc2O1)N1CCC(Oc2cccc3cccnc23)CC1. The zero-order chi connectivity index (χ0) is 19.6. The molecule has 0 bridgehead atoms. The predicted octanol–water partition coefficient (Wildman–Crippen LogP) is 3.44. The molecule has 6 heteroatoms. The Morgan fingerprint density at radius 2 is 1.79 bits per heavy atom. The van der Waals surface area contributed by atoms with Gasteiger partial charge in [0, 0.05) is 37.5 Å². The predicted molar refractivity (Wildman–Crippen MR) is 108 cm³/mol. The van der Waals surface area contributed by atoms with Gasteiger partial charge in [0.2, 0.25) is 6.10 Å². The van der Waals surface area contributed by atoms with E-state index in [4.69, 9.17) is 14.2 Å². The minimum absolute atomic E-state index is 0.0234. The first-order chi connectivity index (χ1) is 14.3. The highest BCUT2D eigenvalue weighted by atomic mass is 16.6. The summed E-state index contributed by atoms with van der Waals surface area (Å²) < 4.78 is 17.8. The first-order valence-electron chi connectivity index (χ1n) is 9.95. The quantitative estimate of drug-likeness (QED) is 0.686. The van der Waals surface area contributed by atoms with Crippen LogP contribution >= 0.6 is 0 Å². The lowest BCUT2D eigenvalue weighted by atomic mass is 10.1. The highest BCUT2D eigenvalue weighted by Gasteiger charge is 2.33. The van der Waals surface area contributed by atoms with Gasteiger partial charge in [-0.3, -0.25) is 9.78 Å². The molecule has 0 saturated carbocycles. The van der Waals surface area contributed by atoms with E-state index in [0.29, 0.717) is 24.6 Å². The molecule has 2 aliphatic rings. The van der Waals surface area contributed by atoms with Gasteiger partial charge in [0.25, 0.3) is 5.91 Å². The summed E-state index contributed by atoms with van der Waals surface area (Å²) in [5, 5.41) is 1.06. The van der Waals surface area contributed by atoms with Crippen LogP contribution in [0.1, 0.15) is 12.8 Å². The van der Waals surface area contributed by atoms with E-state index in [1.807, 2.05) is 59.5 Å². The number of pyridine rings is 1. The third-order valence-electron chi connectivity index (χ3n) is 5.43. The second-order valence-corrected chi connectivity index (χ2v) is 7.34. The number of benzene rings is 2. The molecular formula is C23H22N2O4. The fourth-order valence-electron chi connectivity index (χ4n) is 3.89. The van der Waals surface area contributed by atoms with Gasteiger partial charge in [-0.25, -0.2) is 0 Å². The summed E-state index contributed by atoms with van der Waals surface area (Å²) in [5.41, 5.74) is 0.875. The van der Waals surface area contributed by atoms with E-state index >= 15 is 0 Å². The largest absolute Gasteiger partial charge is 0.488 e. The maximum Gasteiger partial charge on any atom is 0.267 e. The molecular weight excluding hydrogens is 368 g/mol. The molecule has 2 aromatic carbocycles. The Morgan fingerprint density at radius 3 is 2.66 bits per heavy atom. The van der Waals surface area contributed by atoms with Crippen LogP contribution in [0.3, 0.4) is 0 Å². The summed E-state index contributed by atoms with van der Waals surface area (Å²) in [4.78, 5) is 19.2. The molecule has 29 heavy (non-hydrogen) atoms. The Labute approximate surface area is 169 Å². The molecule has 1 saturated heterocycles. The van der Waals surface area contributed by atoms with Crippen LogP contribution in [0.4, 0.5) is 0 Å². The number of hydrogen-bond acceptors (Lipinski definition) is 5. The Balaban J connectivity index is 1.20. The number of rotatable bonds is 3. The topological polar surface area (TPSA) is 60.9 Å². The van der Waals surface area contributed by atoms with Crippen molar-refractivity contribution in [2.75, 3.05) is 19.7 Å². The van der Waals surface area contributed by atoms with Crippen LogP contribution in [0.5, 0.6) is 17.2 Å². The Bertz CT molecular complexity index is 1020. The van der Waals surface area contributed by atoms with Gasteiger partial charge < -0.3 is 19.1 Å². The Hall–Kier alpha value is -3.28. The molecule has 6 nitrogen and oxygen atoms in total. The summed E-state index contributed by atoms with van der Waals surface area (Å²) in [7, 11) is 0. The number of aromatic nitrogens is 1. The third-order valence-corrected chi connectivity index (χ3v) is 5.43. The third kappa shape index (κ3) is 3.58. The second-order valence-electron chi connectivity index (χ2n) is 7.34. The van der Waals surface area contributed by atoms with Crippen molar-refractivity contribution < 1.29 is 19.0 Å². The van der Waals surface area contributed by atoms with Gasteiger partial charge in [0.15, 0.2) is 11.5 Å². The maximum atomic E-state index is 12.9. The van der Waals surface area contributed by atoms with Gasteiger partial charge in [-0.05, 0) is 24.3 Å². The van der Waals surface area contributed by atoms with Crippen molar-refractivity contribution in [3.8, 4) is 17.2 Å². The van der Waals surface area contributed by atoms with Gasteiger partial charge in [0.05, 0.1) is 0 Å². The molecule has 3 heterocycles. The highest BCUT2D eigenvalue weighted by molar-refractivity contribution is 5.84. The van der Waals surface area contributed by atoms with Crippen molar-refractivity contribution in [2.45, 2.75) is 25.0 Å². The smallest absolute Gasteiger partial charge is 0.267 e. The standard InChI is InChI=1S/C23H22N2O4/c26-23(21-15-27-18-7-1-2-8-19(18)29-21)25-13-10-17(11-14-25)28-20-9-3-5-16-6-4-12-24-22(16)20/h1-9,12,17,21H,10-11,13-15H2. The number of carbonyl (C=O) groups is 1. The number of hydrogen-bond donors (Lipinski definition) is 0. The van der Waals surface area contributed by atoms with Crippen molar-refractivity contribution in [1.82, 2.24) is 9.88 Å². The molecule has 3 aromatic rings. The number of fused-ring (bicyclic) bond motifs is 2. The minimum atomic E-state index is -0.593. The molecule has 0 spiro atoms. The van der Waals surface area contributed by atoms with Crippen LogP contribution in [0.25, 0.3) is 10.9 Å². The van der Waals surface area contributed by atoms with E-state index in [9.17, 15) is 4.79 Å². The molecule has 5 rings (SSSR count). The lowest BCUT2D eigenvalue weighted by Gasteiger charge is -2.35. The average molecular weight is 390 g/mol. The normalized spacial score (nSPS) is 19.2. The van der Waals surface area contributed by atoms with Gasteiger partial charge >= 0.3 is 0 Å². The molecule has 1 amide bonds. The zero-order valence-electron chi connectivity index (χ0n) is 16.0. The van der Waals surface area contributed by atoms with Crippen LogP contribution in [-0.2, 0) is 4.79 Å². The summed E-state index contributed by atoms with van der Waals surface area (Å²) >= 11 is 0. The maximum absolute atomic E-state index is 12.9. The van der Waals surface area contributed by atoms with Crippen LogP contribution in [0.15, 0.2) is 60.8 Å². The van der Waals surface area contributed by atoms with Crippen molar-refractivity contribution in [2.24, 2.45) is 0 Å². The van der Waals surface area contributed by atoms with E-state index in [2.05, 4.69) is 4.98 Å². The number of amides is 1. The van der Waals surface area contributed by atoms with E-state index in [1.165, 1.54) is 0 Å². The number of carbonyl (C=O) groups excluding carboxylic acids is 1. The number of piperidine rings is 1. The van der Waals surface area contributed by atoms with Crippen LogP contribution in [0, 0.1) is 0 Å². The molecule has 0 N–H and O–H groups in total. The van der Waals surface area contributed by atoms with E-state index < -0.39 is 6.10 Å². The Kier molecular flexibility index (Phi) is 4.68. The van der Waals surface area contributed by atoms with E-state index in [-0.39, 0.29) is 18.6 Å². The number of nitrogens with zero attached hydrogens (tertiary/aromatic N) is 2. The molecule has 0 radical (unpaired) electrons. The monoisotopic (exact) mass is 390 g/mol. The summed E-state index contributed by atoms with van der Waals surface area (Å²) in [6.07, 6.45) is 2.81. The lowest BCUT2D eigenvalue weighted by molar-refractivity contribution is -0.143. The van der Waals surface area contributed by atoms with Gasteiger partial charge in [0.1, 0.15) is 24.0 Å². The van der Waals surface area contributed by atoms with Crippen molar-refractivity contribution >= 4 is 16.8 Å². The van der Waals surface area contributed by atoms with Crippen molar-refractivity contribution in [3.05, 3.63) is 60.8 Å².